The van der Waals surface area contributed by atoms with Crippen LogP contribution in [0.5, 0.6) is 0 Å². The minimum Gasteiger partial charge on any atom is -0.330 e. The molecule has 0 aromatic heterocycles. The third-order valence-corrected chi connectivity index (χ3v) is 7.52. The maximum atomic E-state index is 13.7. The maximum absolute atomic E-state index is 13.7. The highest BCUT2D eigenvalue weighted by Gasteiger charge is 2.49. The minimum absolute atomic E-state index is 0.111. The van der Waals surface area contributed by atoms with Crippen molar-refractivity contribution in [3.8, 4) is 0 Å². The van der Waals surface area contributed by atoms with Crippen LogP contribution in [0.3, 0.4) is 0 Å². The van der Waals surface area contributed by atoms with Crippen LogP contribution in [-0.4, -0.2) is 49.9 Å². The smallest absolute Gasteiger partial charge is 0.330 e. The lowest BCUT2D eigenvalue weighted by molar-refractivity contribution is -0.186. The van der Waals surface area contributed by atoms with Crippen LogP contribution in [0.15, 0.2) is 47.4 Å². The van der Waals surface area contributed by atoms with Crippen molar-refractivity contribution in [3.05, 3.63) is 53.6 Å². The van der Waals surface area contributed by atoms with E-state index in [0.717, 1.165) is 24.3 Å². The molecule has 2 aromatic rings. The van der Waals surface area contributed by atoms with Crippen molar-refractivity contribution < 1.29 is 49.1 Å². The van der Waals surface area contributed by atoms with Gasteiger partial charge in [-0.1, -0.05) is 39.0 Å². The number of carbonyl (C=O) groups excluding carboxylic acids is 3. The van der Waals surface area contributed by atoms with E-state index in [1.165, 1.54) is 18.2 Å². The summed E-state index contributed by atoms with van der Waals surface area (Å²) in [4.78, 5) is 36.1. The Bertz CT molecular complexity index is 1410. The van der Waals surface area contributed by atoms with E-state index in [9.17, 15) is 49.1 Å². The Morgan fingerprint density at radius 3 is 2.10 bits per heavy atom. The van der Waals surface area contributed by atoms with Crippen LogP contribution in [0.4, 0.5) is 37.7 Å². The monoisotopic (exact) mass is 579 g/mol. The summed E-state index contributed by atoms with van der Waals surface area (Å²) in [6.45, 7) is 3.40. The summed E-state index contributed by atoms with van der Waals surface area (Å²) >= 11 is 0. The Kier molecular flexibility index (Phi) is 7.80. The van der Waals surface area contributed by atoms with Crippen molar-refractivity contribution in [2.24, 2.45) is 5.41 Å². The molecular formula is C24H23F6N3O5S. The highest BCUT2D eigenvalue weighted by atomic mass is 32.2. The van der Waals surface area contributed by atoms with Crippen LogP contribution in [0.2, 0.25) is 0 Å². The first kappa shape index (κ1) is 29.9. The lowest BCUT2D eigenvalue weighted by Gasteiger charge is -2.32. The van der Waals surface area contributed by atoms with Gasteiger partial charge in [0.2, 0.25) is 5.91 Å². The molecule has 1 heterocycles. The van der Waals surface area contributed by atoms with E-state index in [2.05, 4.69) is 5.32 Å². The van der Waals surface area contributed by atoms with Crippen LogP contribution < -0.4 is 9.62 Å². The van der Waals surface area contributed by atoms with Gasteiger partial charge in [0.15, 0.2) is 0 Å². The minimum atomic E-state index is -5.68. The molecule has 0 saturated heterocycles. The van der Waals surface area contributed by atoms with Gasteiger partial charge in [-0.25, -0.2) is 8.42 Å². The topological polar surface area (TPSA) is 104 Å². The molecule has 0 aliphatic carbocycles. The molecular weight excluding hydrogens is 556 g/mol. The van der Waals surface area contributed by atoms with Crippen molar-refractivity contribution >= 4 is 39.1 Å². The number of nitrogens with one attached hydrogen (secondary N) is 1. The third-order valence-electron chi connectivity index (χ3n) is 5.72. The Hall–Kier alpha value is -3.62. The van der Waals surface area contributed by atoms with Gasteiger partial charge in [0.1, 0.15) is 0 Å². The number of nitrogens with zero attached hydrogens (tertiary/aromatic N) is 2. The molecule has 1 aliphatic rings. The molecule has 0 spiro atoms. The number of rotatable bonds is 4. The van der Waals surface area contributed by atoms with Gasteiger partial charge in [-0.05, 0) is 41.8 Å². The summed E-state index contributed by atoms with van der Waals surface area (Å²) in [5.74, 6) is -5.59. The predicted molar refractivity (Wildman–Crippen MR) is 127 cm³/mol. The highest BCUT2D eigenvalue weighted by molar-refractivity contribution is 7.93. The van der Waals surface area contributed by atoms with Crippen molar-refractivity contribution in [3.63, 3.8) is 0 Å². The second kappa shape index (κ2) is 10.2. The predicted octanol–water partition coefficient (Wildman–Crippen LogP) is 4.40. The van der Waals surface area contributed by atoms with Crippen molar-refractivity contribution in [2.45, 2.75) is 51.0 Å². The van der Waals surface area contributed by atoms with Gasteiger partial charge < -0.3 is 10.2 Å². The summed E-state index contributed by atoms with van der Waals surface area (Å²) in [7, 11) is -5.40. The Morgan fingerprint density at radius 2 is 1.54 bits per heavy atom. The molecule has 0 saturated carbocycles. The highest BCUT2D eigenvalue weighted by Crippen LogP contribution is 2.35. The van der Waals surface area contributed by atoms with E-state index < -0.39 is 73.5 Å². The largest absolute Gasteiger partial charge is 0.472 e. The number of hydrogen-bond acceptors (Lipinski definition) is 5. The number of anilines is 2. The zero-order valence-corrected chi connectivity index (χ0v) is 21.6. The fourth-order valence-electron chi connectivity index (χ4n) is 3.75. The van der Waals surface area contributed by atoms with Crippen molar-refractivity contribution in [1.82, 2.24) is 4.90 Å². The van der Waals surface area contributed by atoms with Crippen molar-refractivity contribution in [2.75, 3.05) is 16.2 Å². The Balaban J connectivity index is 2.15. The average Bonchev–Trinajstić information content (AvgIpc) is 2.81. The second-order valence-corrected chi connectivity index (χ2v) is 11.5. The number of hydrogen-bond donors (Lipinski definition) is 1. The number of fused-ring (bicyclic) bond motifs is 1. The zero-order valence-electron chi connectivity index (χ0n) is 20.8. The van der Waals surface area contributed by atoms with Crippen LogP contribution in [0, 0.1) is 5.41 Å². The van der Waals surface area contributed by atoms with Crippen LogP contribution in [0.25, 0.3) is 0 Å². The quantitative estimate of drug-likeness (QED) is 0.541. The summed E-state index contributed by atoms with van der Waals surface area (Å²) in [6.07, 6.45) is -11.1. The standard InChI is InChI=1S/C24H23F6N3O5S/c1-22(2,3)19(34)31-15-7-5-8-16(12-15)33(21(36)24(28,29)30)39(37,38)18-9-4-6-14-10-11-32(13-17(14)18)20(35)23(25,26)27/h4-9,12H,10-11,13H2,1-3H3,(H,31,34). The number of sulfonamides is 1. The molecule has 2 aromatic carbocycles. The van der Waals surface area contributed by atoms with E-state index in [4.69, 9.17) is 0 Å². The molecule has 0 bridgehead atoms. The van der Waals surface area contributed by atoms with Gasteiger partial charge >= 0.3 is 24.2 Å². The van der Waals surface area contributed by atoms with E-state index in [-0.39, 0.29) is 23.2 Å². The van der Waals surface area contributed by atoms with Gasteiger partial charge in [0, 0.05) is 24.2 Å². The number of alkyl halides is 6. The third kappa shape index (κ3) is 6.34. The second-order valence-electron chi connectivity index (χ2n) is 9.70. The van der Waals surface area contributed by atoms with Gasteiger partial charge in [0.25, 0.3) is 10.0 Å². The lowest BCUT2D eigenvalue weighted by Crippen LogP contribution is -2.47. The van der Waals surface area contributed by atoms with Crippen LogP contribution in [0.1, 0.15) is 31.9 Å². The lowest BCUT2D eigenvalue weighted by atomic mass is 9.95. The first-order valence-electron chi connectivity index (χ1n) is 11.3. The first-order valence-corrected chi connectivity index (χ1v) is 12.7. The molecule has 3 rings (SSSR count). The number of halogens is 6. The normalized spacial score (nSPS) is 14.4. The molecule has 0 atom stereocenters. The van der Waals surface area contributed by atoms with E-state index >= 15 is 0 Å². The fraction of sp³-hybridized carbons (Fsp3) is 0.375. The van der Waals surface area contributed by atoms with Crippen LogP contribution in [-0.2, 0) is 37.4 Å². The number of benzene rings is 2. The van der Waals surface area contributed by atoms with Crippen molar-refractivity contribution in [1.29, 1.82) is 0 Å². The van der Waals surface area contributed by atoms with Gasteiger partial charge in [-0.15, -0.1) is 0 Å². The summed E-state index contributed by atoms with van der Waals surface area (Å²) < 4.78 is 107. The maximum Gasteiger partial charge on any atom is 0.472 e. The Morgan fingerprint density at radius 1 is 0.923 bits per heavy atom. The molecule has 0 radical (unpaired) electrons. The van der Waals surface area contributed by atoms with Gasteiger partial charge in [-0.2, -0.15) is 30.6 Å². The van der Waals surface area contributed by atoms with Gasteiger partial charge in [0.05, 0.1) is 10.6 Å². The molecule has 0 unspecified atom stereocenters. The van der Waals surface area contributed by atoms with E-state index in [0.29, 0.717) is 4.90 Å². The summed E-state index contributed by atoms with van der Waals surface area (Å²) in [5, 5.41) is 2.42. The molecule has 1 N–H and O–H groups in total. The average molecular weight is 580 g/mol. The first-order chi connectivity index (χ1) is 17.7. The molecule has 3 amide bonds. The summed E-state index contributed by atoms with van der Waals surface area (Å²) in [5.41, 5.74) is -1.97. The fourth-order valence-corrected chi connectivity index (χ4v) is 5.42. The molecule has 15 heteroatoms. The van der Waals surface area contributed by atoms with Gasteiger partial charge in [-0.3, -0.25) is 14.4 Å². The summed E-state index contributed by atoms with van der Waals surface area (Å²) in [6, 6.07) is 7.50. The Labute approximate surface area is 219 Å². The van der Waals surface area contributed by atoms with E-state index in [1.807, 2.05) is 0 Å². The molecule has 8 nitrogen and oxygen atoms in total. The van der Waals surface area contributed by atoms with Crippen LogP contribution >= 0.6 is 0 Å². The zero-order chi connectivity index (χ0) is 29.6. The molecule has 0 fully saturated rings. The van der Waals surface area contributed by atoms with E-state index in [1.54, 1.807) is 20.8 Å². The molecule has 39 heavy (non-hydrogen) atoms. The molecule has 212 valence electrons. The molecule has 1 aliphatic heterocycles. The SMILES string of the molecule is CC(C)(C)C(=O)Nc1cccc(N(C(=O)C(F)(F)F)S(=O)(=O)c2cccc3c2CN(C(=O)C(F)(F)F)CC3)c1. The number of carbonyl (C=O) groups is 3. The number of amides is 3.